The first-order chi connectivity index (χ1) is 8.38. The summed E-state index contributed by atoms with van der Waals surface area (Å²) in [5.41, 5.74) is -0.763. The summed E-state index contributed by atoms with van der Waals surface area (Å²) in [7, 11) is 2.98. The predicted octanol–water partition coefficient (Wildman–Crippen LogP) is 2.78. The highest BCUT2D eigenvalue weighted by atomic mass is 35.5. The molecule has 0 aromatic heterocycles. The fraction of sp³-hybridized carbons (Fsp3) is 0.538. The SMILES string of the molecule is COC(CC(C)(O)Cc1cc(Cl)ccc1F)OC. The normalized spacial score (nSPS) is 14.8. The third-order valence-corrected chi connectivity index (χ3v) is 2.95. The molecule has 0 aliphatic heterocycles. The molecule has 0 aliphatic rings. The molecule has 5 heteroatoms. The molecule has 1 aromatic rings. The van der Waals surface area contributed by atoms with E-state index >= 15 is 0 Å². The molecule has 1 rings (SSSR count). The molecule has 0 saturated carbocycles. The first-order valence-corrected chi connectivity index (χ1v) is 5.97. The summed E-state index contributed by atoms with van der Waals surface area (Å²) in [4.78, 5) is 0. The third-order valence-electron chi connectivity index (χ3n) is 2.71. The highest BCUT2D eigenvalue weighted by molar-refractivity contribution is 6.30. The summed E-state index contributed by atoms with van der Waals surface area (Å²) in [6.45, 7) is 1.61. The molecular formula is C13H18ClFO3. The summed E-state index contributed by atoms with van der Waals surface area (Å²) >= 11 is 5.81. The number of benzene rings is 1. The van der Waals surface area contributed by atoms with Crippen molar-refractivity contribution in [2.75, 3.05) is 14.2 Å². The Morgan fingerprint density at radius 2 is 2.00 bits per heavy atom. The maximum atomic E-state index is 13.6. The molecule has 1 aromatic carbocycles. The Bertz CT molecular complexity index is 392. The van der Waals surface area contributed by atoms with Gasteiger partial charge in [0.25, 0.3) is 0 Å². The average Bonchev–Trinajstić information content (AvgIpc) is 2.30. The van der Waals surface area contributed by atoms with Crippen LogP contribution in [0.1, 0.15) is 18.9 Å². The number of halogens is 2. The molecule has 0 fully saturated rings. The molecule has 18 heavy (non-hydrogen) atoms. The van der Waals surface area contributed by atoms with Crippen LogP contribution in [0.5, 0.6) is 0 Å². The van der Waals surface area contributed by atoms with E-state index in [9.17, 15) is 9.50 Å². The van der Waals surface area contributed by atoms with Crippen LogP contribution in [0, 0.1) is 5.82 Å². The zero-order valence-corrected chi connectivity index (χ0v) is 11.5. The van der Waals surface area contributed by atoms with Crippen molar-refractivity contribution in [2.45, 2.75) is 31.7 Å². The second-order valence-electron chi connectivity index (χ2n) is 4.51. The number of methoxy groups -OCH3 is 2. The van der Waals surface area contributed by atoms with Gasteiger partial charge in [0, 0.05) is 32.1 Å². The molecule has 0 radical (unpaired) electrons. The van der Waals surface area contributed by atoms with E-state index in [0.29, 0.717) is 10.6 Å². The molecule has 0 bridgehead atoms. The lowest BCUT2D eigenvalue weighted by Gasteiger charge is -2.27. The minimum absolute atomic E-state index is 0.141. The van der Waals surface area contributed by atoms with E-state index < -0.39 is 11.9 Å². The van der Waals surface area contributed by atoms with Gasteiger partial charge >= 0.3 is 0 Å². The number of aliphatic hydroxyl groups is 1. The maximum absolute atomic E-state index is 13.6. The Morgan fingerprint density at radius 1 is 1.39 bits per heavy atom. The van der Waals surface area contributed by atoms with Gasteiger partial charge in [-0.3, -0.25) is 0 Å². The topological polar surface area (TPSA) is 38.7 Å². The van der Waals surface area contributed by atoms with Crippen LogP contribution >= 0.6 is 11.6 Å². The van der Waals surface area contributed by atoms with Crippen LogP contribution in [0.25, 0.3) is 0 Å². The number of ether oxygens (including phenoxy) is 2. The van der Waals surface area contributed by atoms with E-state index in [1.165, 1.54) is 32.4 Å². The van der Waals surface area contributed by atoms with Gasteiger partial charge in [-0.15, -0.1) is 0 Å². The van der Waals surface area contributed by atoms with Gasteiger partial charge in [0.1, 0.15) is 5.82 Å². The van der Waals surface area contributed by atoms with E-state index in [2.05, 4.69) is 0 Å². The summed E-state index contributed by atoms with van der Waals surface area (Å²) in [6.07, 6.45) is -0.142. The standard InChI is InChI=1S/C13H18ClFO3/c1-13(16,8-12(17-2)18-3)7-9-6-10(14)4-5-11(9)15/h4-6,12,16H,7-8H2,1-3H3. The highest BCUT2D eigenvalue weighted by Crippen LogP contribution is 2.24. The molecule has 1 atom stereocenters. The number of rotatable bonds is 6. The Balaban J connectivity index is 2.78. The van der Waals surface area contributed by atoms with Crippen LogP contribution in [0.15, 0.2) is 18.2 Å². The molecule has 1 N–H and O–H groups in total. The van der Waals surface area contributed by atoms with Crippen LogP contribution in [0.2, 0.25) is 5.02 Å². The summed E-state index contributed by atoms with van der Waals surface area (Å²) < 4.78 is 23.6. The van der Waals surface area contributed by atoms with Crippen molar-refractivity contribution in [1.82, 2.24) is 0 Å². The lowest BCUT2D eigenvalue weighted by atomic mass is 9.92. The molecule has 102 valence electrons. The molecule has 0 aliphatic carbocycles. The van der Waals surface area contributed by atoms with Crippen molar-refractivity contribution < 1.29 is 19.0 Å². The smallest absolute Gasteiger partial charge is 0.159 e. The van der Waals surface area contributed by atoms with Gasteiger partial charge < -0.3 is 14.6 Å². The second kappa shape index (κ2) is 6.48. The monoisotopic (exact) mass is 276 g/mol. The molecule has 0 amide bonds. The number of hydrogen-bond acceptors (Lipinski definition) is 3. The van der Waals surface area contributed by atoms with Crippen LogP contribution in [0.4, 0.5) is 4.39 Å². The van der Waals surface area contributed by atoms with Gasteiger partial charge in [0.15, 0.2) is 6.29 Å². The van der Waals surface area contributed by atoms with Gasteiger partial charge in [-0.2, -0.15) is 0 Å². The first-order valence-electron chi connectivity index (χ1n) is 5.60. The van der Waals surface area contributed by atoms with E-state index in [-0.39, 0.29) is 18.7 Å². The number of hydrogen-bond donors (Lipinski definition) is 1. The van der Waals surface area contributed by atoms with Gasteiger partial charge in [0.05, 0.1) is 5.60 Å². The first kappa shape index (κ1) is 15.4. The van der Waals surface area contributed by atoms with E-state index in [4.69, 9.17) is 21.1 Å². The quantitative estimate of drug-likeness (QED) is 0.812. The van der Waals surface area contributed by atoms with Gasteiger partial charge in [-0.1, -0.05) is 11.6 Å². The van der Waals surface area contributed by atoms with E-state index in [1.807, 2.05) is 0 Å². The molecule has 0 heterocycles. The minimum Gasteiger partial charge on any atom is -0.390 e. The molecule has 1 unspecified atom stereocenters. The summed E-state index contributed by atoms with van der Waals surface area (Å²) in [5.74, 6) is -0.383. The summed E-state index contributed by atoms with van der Waals surface area (Å²) in [5, 5.41) is 10.7. The van der Waals surface area contributed by atoms with Crippen LogP contribution in [-0.4, -0.2) is 31.2 Å². The average molecular weight is 277 g/mol. The van der Waals surface area contributed by atoms with Crippen LogP contribution < -0.4 is 0 Å². The maximum Gasteiger partial charge on any atom is 0.159 e. The van der Waals surface area contributed by atoms with Crippen molar-refractivity contribution in [2.24, 2.45) is 0 Å². The fourth-order valence-corrected chi connectivity index (χ4v) is 1.98. The molecule has 0 saturated heterocycles. The molecule has 3 nitrogen and oxygen atoms in total. The Morgan fingerprint density at radius 3 is 2.56 bits per heavy atom. The van der Waals surface area contributed by atoms with Crippen molar-refractivity contribution in [3.63, 3.8) is 0 Å². The Hall–Kier alpha value is -0.680. The summed E-state index contributed by atoms with van der Waals surface area (Å²) in [6, 6.07) is 4.28. The largest absolute Gasteiger partial charge is 0.390 e. The van der Waals surface area contributed by atoms with Crippen LogP contribution in [0.3, 0.4) is 0 Å². The molecule has 0 spiro atoms. The lowest BCUT2D eigenvalue weighted by molar-refractivity contribution is -0.139. The lowest BCUT2D eigenvalue weighted by Crippen LogP contribution is -2.34. The van der Waals surface area contributed by atoms with E-state index in [1.54, 1.807) is 6.92 Å². The van der Waals surface area contributed by atoms with E-state index in [0.717, 1.165) is 0 Å². The van der Waals surface area contributed by atoms with Gasteiger partial charge in [0.2, 0.25) is 0 Å². The predicted molar refractivity (Wildman–Crippen MR) is 68.2 cm³/mol. The van der Waals surface area contributed by atoms with Crippen molar-refractivity contribution in [3.8, 4) is 0 Å². The fourth-order valence-electron chi connectivity index (χ4n) is 1.78. The van der Waals surface area contributed by atoms with Gasteiger partial charge in [-0.25, -0.2) is 4.39 Å². The molecular weight excluding hydrogens is 259 g/mol. The van der Waals surface area contributed by atoms with Gasteiger partial charge in [-0.05, 0) is 30.7 Å². The highest BCUT2D eigenvalue weighted by Gasteiger charge is 2.27. The minimum atomic E-state index is -1.14. The van der Waals surface area contributed by atoms with Crippen molar-refractivity contribution >= 4 is 11.6 Å². The second-order valence-corrected chi connectivity index (χ2v) is 4.95. The van der Waals surface area contributed by atoms with Crippen LogP contribution in [-0.2, 0) is 15.9 Å². The van der Waals surface area contributed by atoms with Crippen molar-refractivity contribution in [1.29, 1.82) is 0 Å². The zero-order valence-electron chi connectivity index (χ0n) is 10.7. The zero-order chi connectivity index (χ0) is 13.8. The van der Waals surface area contributed by atoms with Crippen molar-refractivity contribution in [3.05, 3.63) is 34.6 Å². The Kier molecular flexibility index (Phi) is 5.53. The Labute approximate surface area is 111 Å². The third kappa shape index (κ3) is 4.53.